The second-order valence-electron chi connectivity index (χ2n) is 14.3. The molecule has 55 heavy (non-hydrogen) atoms. The highest BCUT2D eigenvalue weighted by molar-refractivity contribution is 7.93. The van der Waals surface area contributed by atoms with Crippen molar-refractivity contribution in [3.8, 4) is 5.88 Å². The highest BCUT2D eigenvalue weighted by Gasteiger charge is 2.27. The van der Waals surface area contributed by atoms with Crippen LogP contribution in [0.15, 0.2) is 89.3 Å². The summed E-state index contributed by atoms with van der Waals surface area (Å²) in [6.07, 6.45) is 10.5. The molecule has 5 rings (SSSR count). The lowest BCUT2D eigenvalue weighted by molar-refractivity contribution is -0.171. The fourth-order valence-corrected chi connectivity index (χ4v) is 6.79. The van der Waals surface area contributed by atoms with Gasteiger partial charge >= 0.3 is 6.09 Å². The van der Waals surface area contributed by atoms with E-state index < -0.39 is 39.5 Å². The van der Waals surface area contributed by atoms with Gasteiger partial charge in [0, 0.05) is 53.6 Å². The Bertz CT molecular complexity index is 2150. The number of amides is 2. The number of fused-ring (bicyclic) bond motifs is 1. The number of alkyl carbamates (subject to hydrolysis) is 1. The molecule has 0 radical (unpaired) electrons. The topological polar surface area (TPSA) is 146 Å². The second-order valence-corrected chi connectivity index (χ2v) is 17.1. The Balaban J connectivity index is 0.000000260. The largest absolute Gasteiger partial charge is 0.474 e. The molecule has 2 heterocycles. The molecule has 2 aromatic heterocycles. The number of halogens is 2. The molecule has 1 aliphatic rings. The number of allylic oxidation sites excluding steroid dienone is 1. The number of benzene rings is 2. The maximum atomic E-state index is 13.3. The number of carbonyl (C=O) groups is 2. The van der Waals surface area contributed by atoms with E-state index in [2.05, 4.69) is 10.3 Å². The lowest BCUT2D eigenvalue weighted by atomic mass is 10.1. The molecular weight excluding hydrogens is 767 g/mol. The van der Waals surface area contributed by atoms with Crippen molar-refractivity contribution in [1.29, 1.82) is 0 Å². The molecule has 296 valence electrons. The molecule has 2 aromatic carbocycles. The van der Waals surface area contributed by atoms with Gasteiger partial charge in [-0.2, -0.15) is 0 Å². The molecular formula is C40H48Cl2N4O8S. The summed E-state index contributed by atoms with van der Waals surface area (Å²) in [6, 6.07) is 16.7. The first kappa shape index (κ1) is 43.3. The van der Waals surface area contributed by atoms with Gasteiger partial charge in [0.2, 0.25) is 5.88 Å². The van der Waals surface area contributed by atoms with Crippen molar-refractivity contribution in [2.75, 3.05) is 20.4 Å². The van der Waals surface area contributed by atoms with E-state index in [1.807, 2.05) is 30.3 Å². The maximum absolute atomic E-state index is 13.3. The Morgan fingerprint density at radius 1 is 1.02 bits per heavy atom. The summed E-state index contributed by atoms with van der Waals surface area (Å²) in [5.41, 5.74) is 0.816. The van der Waals surface area contributed by atoms with Crippen molar-refractivity contribution in [3.63, 3.8) is 0 Å². The van der Waals surface area contributed by atoms with Gasteiger partial charge < -0.3 is 19.4 Å². The van der Waals surface area contributed by atoms with Gasteiger partial charge in [-0.05, 0) is 99.7 Å². The predicted molar refractivity (Wildman–Crippen MR) is 215 cm³/mol. The minimum absolute atomic E-state index is 0.184. The van der Waals surface area contributed by atoms with Gasteiger partial charge in [0.05, 0.1) is 18.5 Å². The zero-order valence-electron chi connectivity index (χ0n) is 31.8. The van der Waals surface area contributed by atoms with E-state index in [1.54, 1.807) is 57.3 Å². The summed E-state index contributed by atoms with van der Waals surface area (Å²) in [6.45, 7) is 5.25. The fourth-order valence-electron chi connectivity index (χ4n) is 5.89. The van der Waals surface area contributed by atoms with Crippen LogP contribution in [-0.2, 0) is 37.0 Å². The van der Waals surface area contributed by atoms with Crippen molar-refractivity contribution in [2.24, 2.45) is 0 Å². The molecule has 12 nitrogen and oxygen atoms in total. The Labute approximate surface area is 332 Å². The van der Waals surface area contributed by atoms with Crippen molar-refractivity contribution < 1.29 is 32.3 Å². The zero-order valence-corrected chi connectivity index (χ0v) is 34.2. The summed E-state index contributed by atoms with van der Waals surface area (Å²) in [5, 5.41) is 7.11. The lowest BCUT2D eigenvalue weighted by Gasteiger charge is -2.25. The quantitative estimate of drug-likeness (QED) is 0.144. The van der Waals surface area contributed by atoms with Gasteiger partial charge in [-0.3, -0.25) is 14.4 Å². The van der Waals surface area contributed by atoms with Crippen LogP contribution in [0.25, 0.3) is 10.8 Å². The number of pyridine rings is 2. The summed E-state index contributed by atoms with van der Waals surface area (Å²) >= 11 is 12.1. The summed E-state index contributed by atoms with van der Waals surface area (Å²) in [4.78, 5) is 46.9. The molecule has 1 aliphatic carbocycles. The Morgan fingerprint density at radius 2 is 1.64 bits per heavy atom. The van der Waals surface area contributed by atoms with Crippen LogP contribution in [0.1, 0.15) is 63.6 Å². The first-order valence-corrected chi connectivity index (χ1v) is 20.5. The van der Waals surface area contributed by atoms with Gasteiger partial charge in [0.25, 0.3) is 11.5 Å². The van der Waals surface area contributed by atoms with E-state index in [9.17, 15) is 22.8 Å². The Hall–Kier alpha value is -4.43. The maximum Gasteiger partial charge on any atom is 0.408 e. The van der Waals surface area contributed by atoms with Crippen molar-refractivity contribution in [1.82, 2.24) is 19.9 Å². The molecule has 2 amide bonds. The Morgan fingerprint density at radius 3 is 2.20 bits per heavy atom. The standard InChI is InChI=1S/C24H25ClN2O4S.C16H23ClN2O4/c1-32(29,30)12-10-20(14-17-5-4-6-19(25)13-17)27-11-9-18-15-23(26-16-22(18)24(27)28)31-21-7-2-3-8-21;1-16(2,3)23-15(21)18-13(14(20)19(4)22-5)10-11-7-6-8-12(17)9-11/h4-6,9-13,15-16,20-21H,2-3,7-8,14H2,1H3;6-9,13H,10H2,1-5H3,(H,18,21)/b12-10+;/t20-;13-/m10/s1. The predicted octanol–water partition coefficient (Wildman–Crippen LogP) is 7.51. The van der Waals surface area contributed by atoms with E-state index >= 15 is 0 Å². The summed E-state index contributed by atoms with van der Waals surface area (Å²) in [5.74, 6) is 0.132. The number of rotatable bonds is 12. The molecule has 1 saturated carbocycles. The third kappa shape index (κ3) is 14.0. The van der Waals surface area contributed by atoms with Gasteiger partial charge in [-0.15, -0.1) is 0 Å². The highest BCUT2D eigenvalue weighted by Crippen LogP contribution is 2.25. The van der Waals surface area contributed by atoms with Gasteiger partial charge in [-0.25, -0.2) is 23.3 Å². The molecule has 1 fully saturated rings. The van der Waals surface area contributed by atoms with E-state index in [-0.39, 0.29) is 18.1 Å². The van der Waals surface area contributed by atoms with Crippen LogP contribution in [0, 0.1) is 0 Å². The number of hydroxylamine groups is 2. The third-order valence-corrected chi connectivity index (χ3v) is 9.64. The number of likely N-dealkylation sites (N-methyl/N-ethyl adjacent to an activating group) is 1. The molecule has 1 N–H and O–H groups in total. The van der Waals surface area contributed by atoms with Crippen LogP contribution in [0.4, 0.5) is 4.79 Å². The minimum Gasteiger partial charge on any atom is -0.474 e. The first-order chi connectivity index (χ1) is 25.9. The number of ether oxygens (including phenoxy) is 2. The van der Waals surface area contributed by atoms with Gasteiger partial charge in [0.1, 0.15) is 17.7 Å². The monoisotopic (exact) mass is 814 g/mol. The van der Waals surface area contributed by atoms with Crippen LogP contribution in [0.2, 0.25) is 10.0 Å². The fraction of sp³-hybridized carbons (Fsp3) is 0.400. The van der Waals surface area contributed by atoms with Crippen LogP contribution in [0.3, 0.4) is 0 Å². The number of sulfone groups is 1. The van der Waals surface area contributed by atoms with Crippen LogP contribution in [0.5, 0.6) is 5.88 Å². The SMILES string of the molecule is CON(C)C(=O)[C@H](Cc1cccc(Cl)c1)NC(=O)OC(C)(C)C.CS(=O)(=O)/C=C/[C@H](Cc1cccc(Cl)c1)n1ccc2cc(OC3CCCC3)ncc2c1=O. The van der Waals surface area contributed by atoms with E-state index in [4.69, 9.17) is 37.5 Å². The normalized spacial score (nSPS) is 14.5. The molecule has 0 bridgehead atoms. The van der Waals surface area contributed by atoms with Crippen LogP contribution >= 0.6 is 23.2 Å². The van der Waals surface area contributed by atoms with Crippen molar-refractivity contribution >= 4 is 55.8 Å². The van der Waals surface area contributed by atoms with Crippen molar-refractivity contribution in [3.05, 3.63) is 116 Å². The summed E-state index contributed by atoms with van der Waals surface area (Å²) < 4.78 is 36.2. The highest BCUT2D eigenvalue weighted by atomic mass is 35.5. The minimum atomic E-state index is -3.35. The zero-order chi connectivity index (χ0) is 40.3. The first-order valence-electron chi connectivity index (χ1n) is 17.8. The van der Waals surface area contributed by atoms with E-state index in [0.29, 0.717) is 27.7 Å². The Kier molecular flexibility index (Phi) is 15.3. The third-order valence-electron chi connectivity index (χ3n) is 8.52. The number of aromatic nitrogens is 2. The van der Waals surface area contributed by atoms with Gasteiger partial charge in [0.15, 0.2) is 9.84 Å². The van der Waals surface area contributed by atoms with Crippen molar-refractivity contribution in [2.45, 2.75) is 83.1 Å². The molecule has 2 atom stereocenters. The molecule has 4 aromatic rings. The number of nitrogens with one attached hydrogen (secondary N) is 1. The molecule has 0 unspecified atom stereocenters. The second kappa shape index (κ2) is 19.4. The smallest absolute Gasteiger partial charge is 0.408 e. The van der Waals surface area contributed by atoms with E-state index in [1.165, 1.54) is 31.0 Å². The summed E-state index contributed by atoms with van der Waals surface area (Å²) in [7, 11) is -0.498. The van der Waals surface area contributed by atoms with E-state index in [0.717, 1.165) is 58.9 Å². The molecule has 0 aliphatic heterocycles. The average Bonchev–Trinajstić information content (AvgIpc) is 3.62. The van der Waals surface area contributed by atoms with Gasteiger partial charge in [-0.1, -0.05) is 53.5 Å². The lowest BCUT2D eigenvalue weighted by Crippen LogP contribution is -2.49. The molecule has 15 heteroatoms. The van der Waals surface area contributed by atoms with Crippen LogP contribution in [-0.4, -0.2) is 73.2 Å². The van der Waals surface area contributed by atoms with Crippen LogP contribution < -0.4 is 15.6 Å². The average molecular weight is 816 g/mol. The number of carbonyl (C=O) groups excluding carboxylic acids is 2. The number of nitrogens with zero attached hydrogens (tertiary/aromatic N) is 3. The number of hydrogen-bond donors (Lipinski definition) is 1. The molecule has 0 saturated heterocycles. The molecule has 0 spiro atoms. The number of hydrogen-bond acceptors (Lipinski definition) is 9.